The Morgan fingerprint density at radius 1 is 0.944 bits per heavy atom. The average Bonchev–Trinajstić information content (AvgIpc) is 2.44. The van der Waals surface area contributed by atoms with Crippen molar-refractivity contribution < 1.29 is 10.0 Å². The first-order valence-corrected chi connectivity index (χ1v) is 5.70. The maximum absolute atomic E-state index is 11.8. The Labute approximate surface area is 105 Å². The summed E-state index contributed by atoms with van der Waals surface area (Å²) in [4.78, 5) is 13.7. The number of hydroxylamine groups is 2. The molecule has 1 N–H and O–H groups in total. The number of hydrogen-bond donors (Lipinski definition) is 1. The van der Waals surface area contributed by atoms with E-state index in [4.69, 9.17) is 0 Å². The lowest BCUT2D eigenvalue weighted by Gasteiger charge is -2.34. The van der Waals surface area contributed by atoms with Crippen LogP contribution in [0.5, 0.6) is 0 Å². The largest absolute Gasteiger partial charge is 0.320 e. The molecule has 0 fully saturated rings. The molecule has 3 rings (SSSR count). The summed E-state index contributed by atoms with van der Waals surface area (Å²) >= 11 is 0. The van der Waals surface area contributed by atoms with Crippen molar-refractivity contribution in [1.82, 2.24) is 5.06 Å². The van der Waals surface area contributed by atoms with E-state index in [1.807, 2.05) is 47.4 Å². The average molecular weight is 240 g/mol. The molecule has 4 heteroatoms. The quantitative estimate of drug-likeness (QED) is 0.779. The van der Waals surface area contributed by atoms with Gasteiger partial charge in [-0.15, -0.1) is 0 Å². The van der Waals surface area contributed by atoms with Gasteiger partial charge in [-0.2, -0.15) is 5.06 Å². The zero-order valence-electron chi connectivity index (χ0n) is 9.65. The molecule has 0 bridgehead atoms. The van der Waals surface area contributed by atoms with Crippen LogP contribution in [0.2, 0.25) is 0 Å². The smallest absolute Gasteiger partial charge is 0.281 e. The van der Waals surface area contributed by atoms with Gasteiger partial charge in [-0.05, 0) is 24.3 Å². The Morgan fingerprint density at radius 2 is 1.61 bits per heavy atom. The van der Waals surface area contributed by atoms with Gasteiger partial charge in [0.25, 0.3) is 5.91 Å². The molecule has 0 saturated heterocycles. The number of amides is 1. The van der Waals surface area contributed by atoms with Gasteiger partial charge in [0.2, 0.25) is 0 Å². The van der Waals surface area contributed by atoms with Gasteiger partial charge in [-0.25, -0.2) is 0 Å². The summed E-state index contributed by atoms with van der Waals surface area (Å²) in [7, 11) is 0. The minimum absolute atomic E-state index is 0.139. The zero-order valence-corrected chi connectivity index (χ0v) is 9.65. The summed E-state index contributed by atoms with van der Waals surface area (Å²) in [6.45, 7) is 0.139. The topological polar surface area (TPSA) is 43.8 Å². The van der Waals surface area contributed by atoms with Gasteiger partial charge in [0, 0.05) is 5.69 Å². The molecule has 0 saturated carbocycles. The molecule has 2 aromatic carbocycles. The lowest BCUT2D eigenvalue weighted by Crippen LogP contribution is -2.42. The Balaban J connectivity index is 2.13. The van der Waals surface area contributed by atoms with Gasteiger partial charge in [-0.3, -0.25) is 10.0 Å². The van der Waals surface area contributed by atoms with Crippen LogP contribution in [0.25, 0.3) is 0 Å². The molecule has 0 spiro atoms. The van der Waals surface area contributed by atoms with Crippen molar-refractivity contribution in [3.8, 4) is 0 Å². The molecule has 0 aromatic heterocycles. The first-order chi connectivity index (χ1) is 8.77. The standard InChI is InChI=1S/C14H12N2O2/c17-14-12-8-4-5-9-13(12)15(10-16(14)18)11-6-2-1-3-7-11/h1-9,18H,10H2. The summed E-state index contributed by atoms with van der Waals surface area (Å²) in [5.41, 5.74) is 2.27. The van der Waals surface area contributed by atoms with E-state index >= 15 is 0 Å². The molecule has 4 nitrogen and oxygen atoms in total. The van der Waals surface area contributed by atoms with Crippen molar-refractivity contribution in [2.45, 2.75) is 0 Å². The van der Waals surface area contributed by atoms with Crippen molar-refractivity contribution >= 4 is 17.3 Å². The highest BCUT2D eigenvalue weighted by molar-refractivity contribution is 6.02. The van der Waals surface area contributed by atoms with E-state index in [1.165, 1.54) is 0 Å². The summed E-state index contributed by atoms with van der Waals surface area (Å²) in [6.07, 6.45) is 0. The monoisotopic (exact) mass is 240 g/mol. The van der Waals surface area contributed by atoms with E-state index in [2.05, 4.69) is 0 Å². The van der Waals surface area contributed by atoms with Crippen LogP contribution in [-0.4, -0.2) is 22.8 Å². The normalized spacial score (nSPS) is 14.6. The van der Waals surface area contributed by atoms with E-state index in [0.29, 0.717) is 5.56 Å². The lowest BCUT2D eigenvalue weighted by molar-refractivity contribution is -0.0583. The zero-order chi connectivity index (χ0) is 12.5. The molecular formula is C14H12N2O2. The van der Waals surface area contributed by atoms with Crippen LogP contribution in [0.15, 0.2) is 54.6 Å². The fourth-order valence-corrected chi connectivity index (χ4v) is 2.13. The van der Waals surface area contributed by atoms with E-state index in [1.54, 1.807) is 12.1 Å². The number of benzene rings is 2. The molecule has 1 aliphatic heterocycles. The number of nitrogens with zero attached hydrogens (tertiary/aromatic N) is 2. The molecular weight excluding hydrogens is 228 g/mol. The van der Waals surface area contributed by atoms with Crippen LogP contribution in [-0.2, 0) is 0 Å². The number of rotatable bonds is 1. The molecule has 0 atom stereocenters. The van der Waals surface area contributed by atoms with Gasteiger partial charge >= 0.3 is 0 Å². The second kappa shape index (κ2) is 4.16. The maximum atomic E-state index is 11.8. The van der Waals surface area contributed by atoms with Crippen molar-refractivity contribution in [2.24, 2.45) is 0 Å². The van der Waals surface area contributed by atoms with E-state index < -0.39 is 0 Å². The van der Waals surface area contributed by atoms with Crippen LogP contribution >= 0.6 is 0 Å². The Morgan fingerprint density at radius 3 is 2.39 bits per heavy atom. The second-order valence-corrected chi connectivity index (χ2v) is 4.13. The van der Waals surface area contributed by atoms with Crippen molar-refractivity contribution in [3.63, 3.8) is 0 Å². The summed E-state index contributed by atoms with van der Waals surface area (Å²) in [6, 6.07) is 17.0. The Hall–Kier alpha value is -2.33. The number of para-hydroxylation sites is 2. The molecule has 0 unspecified atom stereocenters. The molecule has 18 heavy (non-hydrogen) atoms. The summed E-state index contributed by atoms with van der Waals surface area (Å²) < 4.78 is 0. The molecule has 1 amide bonds. The van der Waals surface area contributed by atoms with Crippen LogP contribution in [0, 0.1) is 0 Å². The Bertz CT molecular complexity index is 583. The SMILES string of the molecule is O=C1c2ccccc2N(c2ccccc2)CN1O. The minimum Gasteiger partial charge on any atom is -0.320 e. The maximum Gasteiger partial charge on any atom is 0.281 e. The third kappa shape index (κ3) is 1.63. The van der Waals surface area contributed by atoms with Crippen LogP contribution in [0.4, 0.5) is 11.4 Å². The third-order valence-electron chi connectivity index (χ3n) is 3.00. The van der Waals surface area contributed by atoms with Gasteiger partial charge in [0.15, 0.2) is 0 Å². The Kier molecular flexibility index (Phi) is 2.50. The van der Waals surface area contributed by atoms with Gasteiger partial charge < -0.3 is 4.90 Å². The molecule has 2 aromatic rings. The fraction of sp³-hybridized carbons (Fsp3) is 0.0714. The second-order valence-electron chi connectivity index (χ2n) is 4.13. The predicted octanol–water partition coefficient (Wildman–Crippen LogP) is 2.63. The molecule has 0 radical (unpaired) electrons. The van der Waals surface area contributed by atoms with Crippen LogP contribution in [0.3, 0.4) is 0 Å². The lowest BCUT2D eigenvalue weighted by atomic mass is 10.1. The van der Waals surface area contributed by atoms with Gasteiger partial charge in [0.05, 0.1) is 11.3 Å². The number of anilines is 2. The van der Waals surface area contributed by atoms with E-state index in [-0.39, 0.29) is 12.6 Å². The highest BCUT2D eigenvalue weighted by Crippen LogP contribution is 2.32. The molecule has 90 valence electrons. The highest BCUT2D eigenvalue weighted by Gasteiger charge is 2.28. The van der Waals surface area contributed by atoms with E-state index in [0.717, 1.165) is 16.4 Å². The molecule has 1 aliphatic rings. The molecule has 1 heterocycles. The van der Waals surface area contributed by atoms with Crippen LogP contribution < -0.4 is 4.90 Å². The summed E-state index contributed by atoms with van der Waals surface area (Å²) in [5, 5.41) is 10.4. The predicted molar refractivity (Wildman–Crippen MR) is 67.8 cm³/mol. The fourth-order valence-electron chi connectivity index (χ4n) is 2.13. The highest BCUT2D eigenvalue weighted by atomic mass is 16.5. The van der Waals surface area contributed by atoms with Crippen molar-refractivity contribution in [1.29, 1.82) is 0 Å². The first-order valence-electron chi connectivity index (χ1n) is 5.70. The minimum atomic E-state index is -0.363. The number of hydrogen-bond acceptors (Lipinski definition) is 3. The van der Waals surface area contributed by atoms with Crippen molar-refractivity contribution in [3.05, 3.63) is 60.2 Å². The van der Waals surface area contributed by atoms with Crippen molar-refractivity contribution in [2.75, 3.05) is 11.6 Å². The number of fused-ring (bicyclic) bond motifs is 1. The number of carbonyl (C=O) groups excluding carboxylic acids is 1. The van der Waals surface area contributed by atoms with E-state index in [9.17, 15) is 10.0 Å². The van der Waals surface area contributed by atoms with Gasteiger partial charge in [-0.1, -0.05) is 30.3 Å². The molecule has 0 aliphatic carbocycles. The first kappa shape index (κ1) is 10.8. The van der Waals surface area contributed by atoms with Gasteiger partial charge in [0.1, 0.15) is 6.67 Å². The third-order valence-corrected chi connectivity index (χ3v) is 3.00. The summed E-state index contributed by atoms with van der Waals surface area (Å²) in [5.74, 6) is -0.363. The van der Waals surface area contributed by atoms with Crippen LogP contribution in [0.1, 0.15) is 10.4 Å². The number of carbonyl (C=O) groups is 1.